The number of aryl methyl sites for hydroxylation is 3. The van der Waals surface area contributed by atoms with E-state index in [2.05, 4.69) is 34.6 Å². The molecular weight excluding hydrogens is 344 g/mol. The Kier molecular flexibility index (Phi) is 5.22. The van der Waals surface area contributed by atoms with Crippen LogP contribution in [0.5, 0.6) is 0 Å². The second-order valence-corrected chi connectivity index (χ2v) is 8.15. The van der Waals surface area contributed by atoms with Crippen molar-refractivity contribution in [3.63, 3.8) is 0 Å². The number of oxazole rings is 1. The fourth-order valence-corrected chi connectivity index (χ4v) is 4.51. The molecule has 0 amide bonds. The molecule has 1 aliphatic heterocycles. The van der Waals surface area contributed by atoms with Gasteiger partial charge in [0.05, 0.1) is 10.6 Å². The molecule has 0 spiro atoms. The van der Waals surface area contributed by atoms with Gasteiger partial charge in [0.25, 0.3) is 0 Å². The van der Waals surface area contributed by atoms with Crippen LogP contribution in [0.25, 0.3) is 10.8 Å². The number of aromatic nitrogens is 3. The lowest BCUT2D eigenvalue weighted by Gasteiger charge is -2.31. The normalized spacial score (nSPS) is 16.4. The average molecular weight is 371 g/mol. The van der Waals surface area contributed by atoms with E-state index in [1.54, 1.807) is 11.3 Å². The number of thiophene rings is 1. The summed E-state index contributed by atoms with van der Waals surface area (Å²) in [6, 6.07) is 4.11. The number of piperidine rings is 1. The van der Waals surface area contributed by atoms with Crippen LogP contribution in [0.4, 0.5) is 0 Å². The molecule has 0 aromatic carbocycles. The molecule has 0 atom stereocenters. The molecule has 0 bridgehead atoms. The van der Waals surface area contributed by atoms with E-state index in [1.807, 2.05) is 23.9 Å². The first-order valence-corrected chi connectivity index (χ1v) is 10.3. The number of hydrogen-bond acceptors (Lipinski definition) is 5. The van der Waals surface area contributed by atoms with Gasteiger partial charge in [-0.25, -0.2) is 4.98 Å². The Balaban J connectivity index is 1.30. The van der Waals surface area contributed by atoms with Crippen LogP contribution in [0, 0.1) is 19.8 Å². The van der Waals surface area contributed by atoms with Crippen LogP contribution >= 0.6 is 11.3 Å². The van der Waals surface area contributed by atoms with Crippen LogP contribution in [0.2, 0.25) is 0 Å². The Labute approximate surface area is 158 Å². The molecule has 3 aromatic rings. The van der Waals surface area contributed by atoms with Crippen LogP contribution < -0.4 is 0 Å². The third kappa shape index (κ3) is 3.91. The standard InChI is InChI=1S/C20H26N4OS/c1-15-7-13-26-19(15)20-22-18(16(2)25-20)14-23-10-4-17(5-11-23)6-12-24-9-3-8-21-24/h3,7-9,13,17H,4-6,10-12,14H2,1-2H3. The van der Waals surface area contributed by atoms with Crippen LogP contribution in [0.3, 0.4) is 0 Å². The molecule has 0 aliphatic carbocycles. The molecule has 6 heteroatoms. The molecular formula is C20H26N4OS. The van der Waals surface area contributed by atoms with Gasteiger partial charge in [-0.15, -0.1) is 11.3 Å². The second-order valence-electron chi connectivity index (χ2n) is 7.23. The summed E-state index contributed by atoms with van der Waals surface area (Å²) >= 11 is 1.70. The van der Waals surface area contributed by atoms with E-state index in [0.29, 0.717) is 0 Å². The van der Waals surface area contributed by atoms with Crippen LogP contribution in [-0.4, -0.2) is 32.8 Å². The van der Waals surface area contributed by atoms with Crippen LogP contribution in [0.15, 0.2) is 34.3 Å². The highest BCUT2D eigenvalue weighted by Crippen LogP contribution is 2.30. The lowest BCUT2D eigenvalue weighted by Crippen LogP contribution is -2.33. The highest BCUT2D eigenvalue weighted by Gasteiger charge is 2.22. The minimum atomic E-state index is 0.777. The first kappa shape index (κ1) is 17.5. The predicted octanol–water partition coefficient (Wildman–Crippen LogP) is 4.52. The smallest absolute Gasteiger partial charge is 0.237 e. The van der Waals surface area contributed by atoms with Gasteiger partial charge in [0.15, 0.2) is 0 Å². The van der Waals surface area contributed by atoms with Crippen LogP contribution in [0.1, 0.15) is 36.3 Å². The summed E-state index contributed by atoms with van der Waals surface area (Å²) in [4.78, 5) is 8.45. The molecule has 4 rings (SSSR count). The molecule has 138 valence electrons. The summed E-state index contributed by atoms with van der Waals surface area (Å²) in [6.45, 7) is 8.35. The van der Waals surface area contributed by atoms with E-state index in [1.165, 1.54) is 24.8 Å². The average Bonchev–Trinajstić information content (AvgIpc) is 3.37. The zero-order valence-electron chi connectivity index (χ0n) is 15.5. The number of nitrogens with zero attached hydrogens (tertiary/aromatic N) is 4. The molecule has 0 unspecified atom stereocenters. The van der Waals surface area contributed by atoms with Gasteiger partial charge in [-0.1, -0.05) is 0 Å². The van der Waals surface area contributed by atoms with E-state index < -0.39 is 0 Å². The summed E-state index contributed by atoms with van der Waals surface area (Å²) in [6.07, 6.45) is 7.65. The van der Waals surface area contributed by atoms with Gasteiger partial charge in [0.1, 0.15) is 5.76 Å². The van der Waals surface area contributed by atoms with Crippen molar-refractivity contribution in [2.75, 3.05) is 13.1 Å². The highest BCUT2D eigenvalue weighted by atomic mass is 32.1. The summed E-state index contributed by atoms with van der Waals surface area (Å²) < 4.78 is 7.99. The van der Waals surface area contributed by atoms with Crippen molar-refractivity contribution in [3.8, 4) is 10.8 Å². The third-order valence-electron chi connectivity index (χ3n) is 5.36. The van der Waals surface area contributed by atoms with Gasteiger partial charge in [0, 0.05) is 25.5 Å². The SMILES string of the molecule is Cc1ccsc1-c1nc(CN2CCC(CCn3cccn3)CC2)c(C)o1. The zero-order chi connectivity index (χ0) is 17.9. The Hall–Kier alpha value is -1.92. The van der Waals surface area contributed by atoms with Gasteiger partial charge >= 0.3 is 0 Å². The van der Waals surface area contributed by atoms with Crippen molar-refractivity contribution < 1.29 is 4.42 Å². The van der Waals surface area contributed by atoms with Crippen molar-refractivity contribution in [2.24, 2.45) is 5.92 Å². The van der Waals surface area contributed by atoms with E-state index in [-0.39, 0.29) is 0 Å². The summed E-state index contributed by atoms with van der Waals surface area (Å²) in [5.74, 6) is 2.53. The van der Waals surface area contributed by atoms with Crippen molar-refractivity contribution in [2.45, 2.75) is 46.2 Å². The summed E-state index contributed by atoms with van der Waals surface area (Å²) in [7, 11) is 0. The molecule has 5 nitrogen and oxygen atoms in total. The molecule has 1 aliphatic rings. The van der Waals surface area contributed by atoms with Gasteiger partial charge in [-0.3, -0.25) is 9.58 Å². The molecule has 0 N–H and O–H groups in total. The lowest BCUT2D eigenvalue weighted by molar-refractivity contribution is 0.166. The monoisotopic (exact) mass is 370 g/mol. The quantitative estimate of drug-likeness (QED) is 0.640. The van der Waals surface area contributed by atoms with Crippen molar-refractivity contribution >= 4 is 11.3 Å². The van der Waals surface area contributed by atoms with Gasteiger partial charge in [-0.2, -0.15) is 5.10 Å². The van der Waals surface area contributed by atoms with E-state index >= 15 is 0 Å². The Morgan fingerprint density at radius 2 is 2.12 bits per heavy atom. The largest absolute Gasteiger partial charge is 0.440 e. The Bertz CT molecular complexity index is 828. The molecule has 3 aromatic heterocycles. The summed E-state index contributed by atoms with van der Waals surface area (Å²) in [5.41, 5.74) is 2.32. The topological polar surface area (TPSA) is 47.1 Å². The van der Waals surface area contributed by atoms with Crippen molar-refractivity contribution in [1.29, 1.82) is 0 Å². The predicted molar refractivity (Wildman–Crippen MR) is 104 cm³/mol. The minimum absolute atomic E-state index is 0.777. The number of likely N-dealkylation sites (tertiary alicyclic amines) is 1. The third-order valence-corrected chi connectivity index (χ3v) is 6.36. The molecule has 1 saturated heterocycles. The highest BCUT2D eigenvalue weighted by molar-refractivity contribution is 7.13. The molecule has 0 saturated carbocycles. The molecule has 0 radical (unpaired) electrons. The zero-order valence-corrected chi connectivity index (χ0v) is 16.3. The Morgan fingerprint density at radius 3 is 2.81 bits per heavy atom. The maximum absolute atomic E-state index is 5.95. The maximum Gasteiger partial charge on any atom is 0.237 e. The summed E-state index contributed by atoms with van der Waals surface area (Å²) in [5, 5.41) is 6.39. The number of hydrogen-bond donors (Lipinski definition) is 0. The van der Waals surface area contributed by atoms with Crippen LogP contribution in [-0.2, 0) is 13.1 Å². The van der Waals surface area contributed by atoms with E-state index in [9.17, 15) is 0 Å². The van der Waals surface area contributed by atoms with Gasteiger partial charge in [-0.05, 0) is 75.2 Å². The fourth-order valence-electron chi connectivity index (χ4n) is 3.66. The molecule has 4 heterocycles. The molecule has 1 fully saturated rings. The number of rotatable bonds is 6. The molecule has 26 heavy (non-hydrogen) atoms. The van der Waals surface area contributed by atoms with E-state index in [0.717, 1.165) is 54.3 Å². The second kappa shape index (κ2) is 7.76. The van der Waals surface area contributed by atoms with Crippen molar-refractivity contribution in [1.82, 2.24) is 19.7 Å². The van der Waals surface area contributed by atoms with Gasteiger partial charge < -0.3 is 4.42 Å². The Morgan fingerprint density at radius 1 is 1.27 bits per heavy atom. The first-order valence-electron chi connectivity index (χ1n) is 9.39. The maximum atomic E-state index is 5.95. The minimum Gasteiger partial charge on any atom is -0.440 e. The fraction of sp³-hybridized carbons (Fsp3) is 0.500. The van der Waals surface area contributed by atoms with Crippen molar-refractivity contribution in [3.05, 3.63) is 46.9 Å². The lowest BCUT2D eigenvalue weighted by atomic mass is 9.93. The first-order chi connectivity index (χ1) is 12.7. The van der Waals surface area contributed by atoms with E-state index in [4.69, 9.17) is 9.40 Å². The van der Waals surface area contributed by atoms with Gasteiger partial charge in [0.2, 0.25) is 5.89 Å².